The van der Waals surface area contributed by atoms with Crippen LogP contribution in [-0.4, -0.2) is 51.6 Å². The van der Waals surface area contributed by atoms with Gasteiger partial charge in [0.1, 0.15) is 17.6 Å². The quantitative estimate of drug-likeness (QED) is 0.392. The molecule has 3 aromatic heterocycles. The number of benzene rings is 1. The van der Waals surface area contributed by atoms with Crippen LogP contribution >= 0.6 is 11.6 Å². The number of hydrogen-bond acceptors (Lipinski definition) is 6. The van der Waals surface area contributed by atoms with Gasteiger partial charge in [-0.3, -0.25) is 13.9 Å². The van der Waals surface area contributed by atoms with Crippen molar-refractivity contribution in [3.05, 3.63) is 80.9 Å². The highest BCUT2D eigenvalue weighted by atomic mass is 35.5. The second-order valence-corrected chi connectivity index (χ2v) is 10.3. The molecule has 0 spiro atoms. The third kappa shape index (κ3) is 4.31. The third-order valence-electron chi connectivity index (χ3n) is 7.21. The van der Waals surface area contributed by atoms with Crippen LogP contribution in [0.5, 0.6) is 0 Å². The van der Waals surface area contributed by atoms with Crippen LogP contribution in [-0.2, 0) is 9.47 Å². The first kappa shape index (κ1) is 24.1. The number of halogens is 2. The number of ether oxygens (including phenoxy) is 2. The molecule has 0 unspecified atom stereocenters. The van der Waals surface area contributed by atoms with E-state index in [0.717, 1.165) is 11.3 Å². The van der Waals surface area contributed by atoms with Gasteiger partial charge in [0.15, 0.2) is 0 Å². The van der Waals surface area contributed by atoms with Crippen molar-refractivity contribution < 1.29 is 13.9 Å². The van der Waals surface area contributed by atoms with Gasteiger partial charge >= 0.3 is 0 Å². The normalized spacial score (nSPS) is 20.4. The topological polar surface area (TPSA) is 73.9 Å². The number of anilines is 1. The predicted molar refractivity (Wildman–Crippen MR) is 139 cm³/mol. The van der Waals surface area contributed by atoms with Gasteiger partial charge in [-0.15, -0.1) is 0 Å². The first-order chi connectivity index (χ1) is 17.8. The number of fused-ring (bicyclic) bond motifs is 1. The first-order valence-corrected chi connectivity index (χ1v) is 12.7. The number of aryl methyl sites for hydroxylation is 1. The minimum atomic E-state index is -0.473. The van der Waals surface area contributed by atoms with E-state index >= 15 is 4.39 Å². The zero-order chi connectivity index (χ0) is 25.8. The standard InChI is InChI=1S/C27H27ClFN5O3/c1-15-9-32(12-25(37-15)18-8-30-34(10-18)21-13-36-14-21)20-7-23(22-5-4-19(28)6-24(22)29)26-31-17(3)16(2)27(35)33(26)11-20/h4-8,10-11,15,21,25H,9,12-14H2,1-3H3/t15-,25-/m1/s1. The van der Waals surface area contributed by atoms with E-state index in [4.69, 9.17) is 21.1 Å². The summed E-state index contributed by atoms with van der Waals surface area (Å²) in [6.45, 7) is 8.06. The Hall–Kier alpha value is -3.27. The Bertz CT molecular complexity index is 1560. The lowest BCUT2D eigenvalue weighted by molar-refractivity contribution is -0.0296. The molecule has 2 fully saturated rings. The summed E-state index contributed by atoms with van der Waals surface area (Å²) in [6.07, 6.45) is 5.37. The highest BCUT2D eigenvalue weighted by molar-refractivity contribution is 6.30. The van der Waals surface area contributed by atoms with Crippen molar-refractivity contribution in [2.24, 2.45) is 0 Å². The van der Waals surface area contributed by atoms with E-state index in [1.807, 2.05) is 30.1 Å². The van der Waals surface area contributed by atoms with Crippen LogP contribution in [0, 0.1) is 19.7 Å². The van der Waals surface area contributed by atoms with Crippen molar-refractivity contribution in [1.82, 2.24) is 19.2 Å². The fourth-order valence-electron chi connectivity index (χ4n) is 4.94. The lowest BCUT2D eigenvalue weighted by Gasteiger charge is -2.38. The van der Waals surface area contributed by atoms with Gasteiger partial charge in [-0.1, -0.05) is 11.6 Å². The third-order valence-corrected chi connectivity index (χ3v) is 7.45. The van der Waals surface area contributed by atoms with E-state index in [1.54, 1.807) is 32.2 Å². The minimum absolute atomic E-state index is 0.0739. The van der Waals surface area contributed by atoms with Gasteiger partial charge in [-0.05, 0) is 45.0 Å². The Balaban J connectivity index is 1.45. The Labute approximate surface area is 218 Å². The Kier molecular flexibility index (Phi) is 6.01. The Morgan fingerprint density at radius 3 is 2.65 bits per heavy atom. The molecular weight excluding hydrogens is 497 g/mol. The molecule has 10 heteroatoms. The second kappa shape index (κ2) is 9.24. The van der Waals surface area contributed by atoms with E-state index in [9.17, 15) is 4.79 Å². The molecule has 0 aliphatic carbocycles. The molecule has 1 aromatic carbocycles. The molecule has 5 heterocycles. The van der Waals surface area contributed by atoms with Gasteiger partial charge < -0.3 is 14.4 Å². The van der Waals surface area contributed by atoms with Crippen LogP contribution in [0.15, 0.2) is 47.7 Å². The van der Waals surface area contributed by atoms with E-state index < -0.39 is 5.82 Å². The molecule has 0 bridgehead atoms. The molecule has 8 nitrogen and oxygen atoms in total. The molecule has 0 amide bonds. The average Bonchev–Trinajstić information content (AvgIpc) is 3.30. The first-order valence-electron chi connectivity index (χ1n) is 12.3. The molecule has 2 saturated heterocycles. The summed E-state index contributed by atoms with van der Waals surface area (Å²) < 4.78 is 30.1. The van der Waals surface area contributed by atoms with Gasteiger partial charge in [-0.2, -0.15) is 5.10 Å². The average molecular weight is 524 g/mol. The zero-order valence-electron chi connectivity index (χ0n) is 20.8. The molecule has 4 aromatic rings. The highest BCUT2D eigenvalue weighted by Crippen LogP contribution is 2.34. The second-order valence-electron chi connectivity index (χ2n) is 9.84. The Morgan fingerprint density at radius 2 is 1.92 bits per heavy atom. The van der Waals surface area contributed by atoms with E-state index in [0.29, 0.717) is 59.4 Å². The van der Waals surface area contributed by atoms with Crippen molar-refractivity contribution in [3.63, 3.8) is 0 Å². The summed E-state index contributed by atoms with van der Waals surface area (Å²) in [6, 6.07) is 6.69. The number of hydrogen-bond donors (Lipinski definition) is 0. The summed E-state index contributed by atoms with van der Waals surface area (Å²) in [5.74, 6) is -0.473. The number of pyridine rings is 1. The summed E-state index contributed by atoms with van der Waals surface area (Å²) in [5, 5.41) is 4.81. The summed E-state index contributed by atoms with van der Waals surface area (Å²) in [4.78, 5) is 20.1. The number of nitrogens with zero attached hydrogens (tertiary/aromatic N) is 5. The maximum atomic E-state index is 15.1. The fourth-order valence-corrected chi connectivity index (χ4v) is 5.10. The molecule has 2 atom stereocenters. The monoisotopic (exact) mass is 523 g/mol. The maximum Gasteiger partial charge on any atom is 0.261 e. The molecule has 0 saturated carbocycles. The van der Waals surface area contributed by atoms with Gasteiger partial charge in [0.05, 0.1) is 37.2 Å². The van der Waals surface area contributed by atoms with Crippen LogP contribution in [0.1, 0.15) is 35.9 Å². The predicted octanol–water partition coefficient (Wildman–Crippen LogP) is 4.51. The summed E-state index contributed by atoms with van der Waals surface area (Å²) in [5.41, 5.74) is 4.02. The van der Waals surface area contributed by atoms with Crippen molar-refractivity contribution in [2.75, 3.05) is 31.2 Å². The van der Waals surface area contributed by atoms with Crippen molar-refractivity contribution >= 4 is 22.9 Å². The molecule has 6 rings (SSSR count). The van der Waals surface area contributed by atoms with E-state index in [-0.39, 0.29) is 23.8 Å². The SMILES string of the molecule is Cc1nc2c(-c3ccc(Cl)cc3F)cc(N3C[C@@H](C)O[C@@H](c4cnn(C5COC5)c4)C3)cn2c(=O)c1C. The van der Waals surface area contributed by atoms with E-state index in [2.05, 4.69) is 15.0 Å². The van der Waals surface area contributed by atoms with Crippen molar-refractivity contribution in [1.29, 1.82) is 0 Å². The smallest absolute Gasteiger partial charge is 0.261 e. The number of rotatable bonds is 4. The molecule has 192 valence electrons. The molecule has 37 heavy (non-hydrogen) atoms. The maximum absolute atomic E-state index is 15.1. The molecule has 2 aliphatic heterocycles. The molecule has 0 N–H and O–H groups in total. The lowest BCUT2D eigenvalue weighted by atomic mass is 10.0. The summed E-state index contributed by atoms with van der Waals surface area (Å²) in [7, 11) is 0. The van der Waals surface area contributed by atoms with Crippen LogP contribution in [0.2, 0.25) is 5.02 Å². The minimum Gasteiger partial charge on any atom is -0.377 e. The fraction of sp³-hybridized carbons (Fsp3) is 0.370. The van der Waals surface area contributed by atoms with Crippen LogP contribution < -0.4 is 10.5 Å². The summed E-state index contributed by atoms with van der Waals surface area (Å²) >= 11 is 6.02. The van der Waals surface area contributed by atoms with Crippen LogP contribution in [0.3, 0.4) is 0 Å². The lowest BCUT2D eigenvalue weighted by Crippen LogP contribution is -2.43. The van der Waals surface area contributed by atoms with Gasteiger partial charge in [0, 0.05) is 58.5 Å². The Morgan fingerprint density at radius 1 is 1.11 bits per heavy atom. The van der Waals surface area contributed by atoms with Crippen LogP contribution in [0.4, 0.5) is 10.1 Å². The highest BCUT2D eigenvalue weighted by Gasteiger charge is 2.30. The van der Waals surface area contributed by atoms with Crippen molar-refractivity contribution in [3.8, 4) is 11.1 Å². The largest absolute Gasteiger partial charge is 0.377 e. The molecular formula is C27H27ClFN5O3. The number of morpholine rings is 1. The van der Waals surface area contributed by atoms with Gasteiger partial charge in [0.25, 0.3) is 5.56 Å². The van der Waals surface area contributed by atoms with E-state index in [1.165, 1.54) is 10.5 Å². The number of aromatic nitrogens is 4. The van der Waals surface area contributed by atoms with Gasteiger partial charge in [-0.25, -0.2) is 9.37 Å². The molecule has 2 aliphatic rings. The van der Waals surface area contributed by atoms with Gasteiger partial charge in [0.2, 0.25) is 0 Å². The van der Waals surface area contributed by atoms with Crippen LogP contribution in [0.25, 0.3) is 16.8 Å². The molecule has 0 radical (unpaired) electrons. The van der Waals surface area contributed by atoms with Crippen molar-refractivity contribution in [2.45, 2.75) is 39.0 Å². The zero-order valence-corrected chi connectivity index (χ0v) is 21.6.